The highest BCUT2D eigenvalue weighted by Crippen LogP contribution is 2.27. The summed E-state index contributed by atoms with van der Waals surface area (Å²) in [5.74, 6) is 0. The van der Waals surface area contributed by atoms with Crippen LogP contribution in [-0.4, -0.2) is 34.1 Å². The fourth-order valence-corrected chi connectivity index (χ4v) is 5.91. The van der Waals surface area contributed by atoms with Gasteiger partial charge in [-0.15, -0.1) is 0 Å². The van der Waals surface area contributed by atoms with Crippen molar-refractivity contribution >= 4 is 8.80 Å². The SMILES string of the molecule is CCCCCCCC[Si]1CCNC1(OCC)OCC. The highest BCUT2D eigenvalue weighted by molar-refractivity contribution is 6.62. The van der Waals surface area contributed by atoms with Crippen molar-refractivity contribution in [2.45, 2.75) is 76.9 Å². The van der Waals surface area contributed by atoms with E-state index >= 15 is 0 Å². The van der Waals surface area contributed by atoms with E-state index in [1.54, 1.807) is 0 Å². The topological polar surface area (TPSA) is 30.5 Å². The summed E-state index contributed by atoms with van der Waals surface area (Å²) in [6, 6.07) is 2.60. The van der Waals surface area contributed by atoms with Gasteiger partial charge in [0.25, 0.3) is 0 Å². The first-order valence-electron chi connectivity index (χ1n) is 8.17. The molecule has 4 heteroatoms. The monoisotopic (exact) mass is 286 g/mol. The van der Waals surface area contributed by atoms with E-state index in [9.17, 15) is 0 Å². The normalized spacial score (nSPS) is 19.1. The van der Waals surface area contributed by atoms with Gasteiger partial charge in [-0.25, -0.2) is 0 Å². The van der Waals surface area contributed by atoms with Gasteiger partial charge in [0.15, 0.2) is 0 Å². The van der Waals surface area contributed by atoms with Crippen LogP contribution in [0.3, 0.4) is 0 Å². The molecule has 0 aliphatic carbocycles. The second kappa shape index (κ2) is 9.92. The van der Waals surface area contributed by atoms with Crippen molar-refractivity contribution in [1.82, 2.24) is 5.32 Å². The van der Waals surface area contributed by atoms with E-state index in [0.717, 1.165) is 19.8 Å². The van der Waals surface area contributed by atoms with Crippen LogP contribution in [0.1, 0.15) is 59.3 Å². The third-order valence-electron chi connectivity index (χ3n) is 3.78. The number of ether oxygens (including phenoxy) is 2. The van der Waals surface area contributed by atoms with E-state index in [2.05, 4.69) is 26.1 Å². The number of nitrogens with one attached hydrogen (secondary N) is 1. The molecule has 1 saturated heterocycles. The minimum Gasteiger partial charge on any atom is -0.342 e. The first kappa shape index (κ1) is 17.1. The summed E-state index contributed by atoms with van der Waals surface area (Å²) in [6.45, 7) is 8.92. The van der Waals surface area contributed by atoms with Crippen LogP contribution in [0.25, 0.3) is 0 Å². The Balaban J connectivity index is 2.29. The minimum atomic E-state index is -0.583. The molecule has 1 radical (unpaired) electrons. The zero-order valence-corrected chi connectivity index (χ0v) is 14.1. The summed E-state index contributed by atoms with van der Waals surface area (Å²) in [6.07, 6.45) is 8.24. The second-order valence-corrected chi connectivity index (χ2v) is 8.15. The molecule has 0 bridgehead atoms. The van der Waals surface area contributed by atoms with E-state index in [0.29, 0.717) is 0 Å². The molecule has 1 N–H and O–H groups in total. The molecule has 3 nitrogen and oxygen atoms in total. The third kappa shape index (κ3) is 5.54. The Kier molecular flexibility index (Phi) is 8.95. The largest absolute Gasteiger partial charge is 0.342 e. The predicted octanol–water partition coefficient (Wildman–Crippen LogP) is 3.71. The maximum absolute atomic E-state index is 5.95. The second-order valence-electron chi connectivity index (χ2n) is 5.28. The molecule has 0 unspecified atom stereocenters. The molecular formula is C15H32NO2Si. The molecule has 1 fully saturated rings. The van der Waals surface area contributed by atoms with Crippen LogP contribution in [0.2, 0.25) is 12.1 Å². The van der Waals surface area contributed by atoms with Gasteiger partial charge in [-0.2, -0.15) is 0 Å². The molecule has 1 aliphatic rings. The lowest BCUT2D eigenvalue weighted by Crippen LogP contribution is -2.55. The molecule has 113 valence electrons. The minimum absolute atomic E-state index is 0.391. The Labute approximate surface area is 121 Å². The molecule has 0 aromatic heterocycles. The molecule has 1 rings (SSSR count). The molecule has 19 heavy (non-hydrogen) atoms. The molecule has 0 atom stereocenters. The Morgan fingerprint density at radius 1 is 0.947 bits per heavy atom. The average molecular weight is 287 g/mol. The summed E-state index contributed by atoms with van der Waals surface area (Å²) in [5.41, 5.74) is -0.391. The zero-order valence-electron chi connectivity index (χ0n) is 13.1. The fourth-order valence-electron chi connectivity index (χ4n) is 2.83. The molecule has 0 amide bonds. The van der Waals surface area contributed by atoms with Crippen molar-refractivity contribution in [3.05, 3.63) is 0 Å². The van der Waals surface area contributed by atoms with E-state index in [4.69, 9.17) is 9.47 Å². The maximum atomic E-state index is 5.95. The van der Waals surface area contributed by atoms with E-state index in [1.165, 1.54) is 50.6 Å². The summed E-state index contributed by atoms with van der Waals surface area (Å²) < 4.78 is 11.9. The first-order valence-corrected chi connectivity index (χ1v) is 10.1. The molecule has 1 heterocycles. The Morgan fingerprint density at radius 3 is 2.21 bits per heavy atom. The van der Waals surface area contributed by atoms with E-state index < -0.39 is 14.3 Å². The van der Waals surface area contributed by atoms with E-state index in [1.807, 2.05) is 0 Å². The van der Waals surface area contributed by atoms with Crippen molar-refractivity contribution in [2.75, 3.05) is 19.8 Å². The molecule has 0 saturated carbocycles. The summed E-state index contributed by atoms with van der Waals surface area (Å²) in [4.78, 5) is 0. The third-order valence-corrected chi connectivity index (χ3v) is 6.98. The molecular weight excluding hydrogens is 254 g/mol. The quantitative estimate of drug-likeness (QED) is 0.357. The van der Waals surface area contributed by atoms with Gasteiger partial charge < -0.3 is 9.47 Å². The highest BCUT2D eigenvalue weighted by Gasteiger charge is 2.45. The molecule has 0 aromatic rings. The zero-order chi connectivity index (χ0) is 14.0. The summed E-state index contributed by atoms with van der Waals surface area (Å²) in [5, 5.41) is 3.48. The lowest BCUT2D eigenvalue weighted by atomic mass is 10.1. The predicted molar refractivity (Wildman–Crippen MR) is 82.7 cm³/mol. The van der Waals surface area contributed by atoms with Gasteiger partial charge >= 0.3 is 0 Å². The fraction of sp³-hybridized carbons (Fsp3) is 1.00. The van der Waals surface area contributed by atoms with E-state index in [-0.39, 0.29) is 0 Å². The van der Waals surface area contributed by atoms with Crippen LogP contribution >= 0.6 is 0 Å². The van der Waals surface area contributed by atoms with Gasteiger partial charge in [0.2, 0.25) is 5.53 Å². The van der Waals surface area contributed by atoms with Crippen LogP contribution in [-0.2, 0) is 9.47 Å². The Morgan fingerprint density at radius 2 is 1.58 bits per heavy atom. The van der Waals surface area contributed by atoms with Crippen molar-refractivity contribution in [3.8, 4) is 0 Å². The maximum Gasteiger partial charge on any atom is 0.202 e. The van der Waals surface area contributed by atoms with Crippen molar-refractivity contribution in [2.24, 2.45) is 0 Å². The van der Waals surface area contributed by atoms with Gasteiger partial charge in [-0.1, -0.05) is 51.5 Å². The number of hydrogen-bond acceptors (Lipinski definition) is 3. The van der Waals surface area contributed by atoms with Crippen molar-refractivity contribution in [1.29, 1.82) is 0 Å². The first-order chi connectivity index (χ1) is 9.29. The average Bonchev–Trinajstić information content (AvgIpc) is 2.78. The smallest absolute Gasteiger partial charge is 0.202 e. The summed E-state index contributed by atoms with van der Waals surface area (Å²) in [7, 11) is -0.583. The van der Waals surface area contributed by atoms with Crippen LogP contribution in [0.15, 0.2) is 0 Å². The summed E-state index contributed by atoms with van der Waals surface area (Å²) >= 11 is 0. The van der Waals surface area contributed by atoms with Gasteiger partial charge in [-0.05, 0) is 26.4 Å². The van der Waals surface area contributed by atoms with Gasteiger partial charge in [0.05, 0.1) is 0 Å². The van der Waals surface area contributed by atoms with Crippen LogP contribution < -0.4 is 5.32 Å². The lowest BCUT2D eigenvalue weighted by Gasteiger charge is -2.34. The lowest BCUT2D eigenvalue weighted by molar-refractivity contribution is -0.191. The molecule has 0 aromatic carbocycles. The Bertz CT molecular complexity index is 220. The highest BCUT2D eigenvalue weighted by atomic mass is 28.3. The van der Waals surface area contributed by atoms with Gasteiger partial charge in [0.1, 0.15) is 8.80 Å². The molecule has 0 spiro atoms. The van der Waals surface area contributed by atoms with Crippen LogP contribution in [0.4, 0.5) is 0 Å². The number of hydrogen-bond donors (Lipinski definition) is 1. The van der Waals surface area contributed by atoms with Crippen molar-refractivity contribution in [3.63, 3.8) is 0 Å². The number of rotatable bonds is 11. The van der Waals surface area contributed by atoms with Gasteiger partial charge in [-0.3, -0.25) is 5.32 Å². The molecule has 1 aliphatic heterocycles. The van der Waals surface area contributed by atoms with Crippen LogP contribution in [0.5, 0.6) is 0 Å². The number of unbranched alkanes of at least 4 members (excludes halogenated alkanes) is 5. The van der Waals surface area contributed by atoms with Gasteiger partial charge in [0, 0.05) is 13.2 Å². The van der Waals surface area contributed by atoms with Crippen LogP contribution in [0, 0.1) is 0 Å². The standard InChI is InChI=1S/C15H32NO2Si/c1-4-7-8-9-10-11-13-19-14-12-16-15(19,17-5-2)18-6-3/h16H,4-14H2,1-3H3. The van der Waals surface area contributed by atoms with Crippen molar-refractivity contribution < 1.29 is 9.47 Å². The Hall–Kier alpha value is 0.0969.